The topological polar surface area (TPSA) is 92.5 Å². The highest BCUT2D eigenvalue weighted by Gasteiger charge is 2.10. The molecular weight excluding hydrogens is 216 g/mol. The summed E-state index contributed by atoms with van der Waals surface area (Å²) in [6.07, 6.45) is 1.50. The minimum atomic E-state index is -0.273. The Balaban J connectivity index is 0.00000196. The summed E-state index contributed by atoms with van der Waals surface area (Å²) in [6, 6.07) is 4.07. The van der Waals surface area contributed by atoms with Gasteiger partial charge in [0, 0.05) is 11.6 Å². The summed E-state index contributed by atoms with van der Waals surface area (Å²) in [5.41, 5.74) is 11.7. The molecule has 1 aromatic rings. The average molecular weight is 233 g/mol. The molecule has 0 unspecified atom stereocenters. The van der Waals surface area contributed by atoms with Crippen LogP contribution in [0.15, 0.2) is 18.2 Å². The zero-order chi connectivity index (χ0) is 10.6. The van der Waals surface area contributed by atoms with E-state index in [2.05, 4.69) is 0 Å². The van der Waals surface area contributed by atoms with Gasteiger partial charge in [-0.25, -0.2) is 0 Å². The minimum Gasteiger partial charge on any atom is -0.508 e. The molecule has 0 bridgehead atoms. The molecule has 0 radical (unpaired) electrons. The Bertz CT molecular complexity index is 307. The van der Waals surface area contributed by atoms with Gasteiger partial charge in [0.05, 0.1) is 0 Å². The average Bonchev–Trinajstić information content (AvgIpc) is 2.18. The van der Waals surface area contributed by atoms with E-state index < -0.39 is 0 Å². The number of hydrogen-bond acceptors (Lipinski definition) is 4. The molecule has 4 nitrogen and oxygen atoms in total. The first-order chi connectivity index (χ1) is 6.65. The predicted octanol–water partition coefficient (Wildman–Crippen LogP) is 1.26. The van der Waals surface area contributed by atoms with Gasteiger partial charge in [0.1, 0.15) is 11.5 Å². The third-order valence-corrected chi connectivity index (χ3v) is 2.13. The van der Waals surface area contributed by atoms with Crippen LogP contribution in [0.2, 0.25) is 0 Å². The molecule has 0 amide bonds. The van der Waals surface area contributed by atoms with E-state index in [1.54, 1.807) is 0 Å². The van der Waals surface area contributed by atoms with Gasteiger partial charge in [-0.3, -0.25) is 0 Å². The Labute approximate surface area is 95.3 Å². The van der Waals surface area contributed by atoms with Gasteiger partial charge in [-0.2, -0.15) is 0 Å². The lowest BCUT2D eigenvalue weighted by atomic mass is 10.0. The van der Waals surface area contributed by atoms with E-state index in [1.165, 1.54) is 18.2 Å². The van der Waals surface area contributed by atoms with Gasteiger partial charge < -0.3 is 21.7 Å². The lowest BCUT2D eigenvalue weighted by Crippen LogP contribution is -2.12. The van der Waals surface area contributed by atoms with E-state index >= 15 is 0 Å². The van der Waals surface area contributed by atoms with Crippen molar-refractivity contribution in [3.8, 4) is 11.5 Å². The Morgan fingerprint density at radius 3 is 2.53 bits per heavy atom. The normalized spacial score (nSPS) is 11.9. The number of nitrogens with two attached hydrogens (primary N) is 2. The second kappa shape index (κ2) is 6.50. The molecule has 0 fully saturated rings. The van der Waals surface area contributed by atoms with Crippen molar-refractivity contribution in [2.24, 2.45) is 11.5 Å². The molecule has 1 atom stereocenters. The standard InChI is InChI=1S/C10H16N2O2.ClH/c11-5-1-2-9(12)8-6-7(13)3-4-10(8)14;/h3-4,6,9,13-14H,1-2,5,11-12H2;1H/t9-;/m1./s1. The van der Waals surface area contributed by atoms with Gasteiger partial charge in [-0.1, -0.05) is 0 Å². The smallest absolute Gasteiger partial charge is 0.120 e. The fourth-order valence-electron chi connectivity index (χ4n) is 1.33. The maximum atomic E-state index is 9.48. The first-order valence-electron chi connectivity index (χ1n) is 4.62. The molecule has 0 aliphatic carbocycles. The highest BCUT2D eigenvalue weighted by Crippen LogP contribution is 2.28. The van der Waals surface area contributed by atoms with Crippen molar-refractivity contribution in [2.45, 2.75) is 18.9 Å². The zero-order valence-electron chi connectivity index (χ0n) is 8.39. The van der Waals surface area contributed by atoms with Crippen LogP contribution in [0.3, 0.4) is 0 Å². The van der Waals surface area contributed by atoms with Crippen LogP contribution in [0, 0.1) is 0 Å². The van der Waals surface area contributed by atoms with Crippen LogP contribution in [0.4, 0.5) is 0 Å². The van der Waals surface area contributed by atoms with E-state index in [0.717, 1.165) is 6.42 Å². The number of halogens is 1. The molecule has 5 heteroatoms. The second-order valence-corrected chi connectivity index (χ2v) is 3.28. The van der Waals surface area contributed by atoms with Crippen molar-refractivity contribution < 1.29 is 10.2 Å². The maximum absolute atomic E-state index is 9.48. The summed E-state index contributed by atoms with van der Waals surface area (Å²) < 4.78 is 0. The monoisotopic (exact) mass is 232 g/mol. The summed E-state index contributed by atoms with van der Waals surface area (Å²) in [7, 11) is 0. The molecule has 1 aromatic carbocycles. The molecule has 0 aliphatic rings. The van der Waals surface area contributed by atoms with Crippen molar-refractivity contribution in [3.63, 3.8) is 0 Å². The number of benzene rings is 1. The number of phenolic OH excluding ortho intramolecular Hbond substituents is 2. The van der Waals surface area contributed by atoms with Crippen LogP contribution < -0.4 is 11.5 Å². The zero-order valence-corrected chi connectivity index (χ0v) is 9.20. The summed E-state index contributed by atoms with van der Waals surface area (Å²) in [5, 5.41) is 18.7. The number of rotatable bonds is 4. The van der Waals surface area contributed by atoms with Gasteiger partial charge >= 0.3 is 0 Å². The van der Waals surface area contributed by atoms with E-state index in [-0.39, 0.29) is 29.9 Å². The number of hydrogen-bond donors (Lipinski definition) is 4. The lowest BCUT2D eigenvalue weighted by Gasteiger charge is -2.13. The Morgan fingerprint density at radius 1 is 1.27 bits per heavy atom. The Kier molecular flexibility index (Phi) is 6.08. The van der Waals surface area contributed by atoms with Gasteiger partial charge in [-0.05, 0) is 37.6 Å². The van der Waals surface area contributed by atoms with Crippen LogP contribution in [-0.4, -0.2) is 16.8 Å². The number of aromatic hydroxyl groups is 2. The highest BCUT2D eigenvalue weighted by atomic mass is 35.5. The molecular formula is C10H17ClN2O2. The van der Waals surface area contributed by atoms with Gasteiger partial charge in [-0.15, -0.1) is 12.4 Å². The van der Waals surface area contributed by atoms with Crippen LogP contribution >= 0.6 is 12.4 Å². The van der Waals surface area contributed by atoms with E-state index in [4.69, 9.17) is 11.5 Å². The van der Waals surface area contributed by atoms with Crippen molar-refractivity contribution >= 4 is 12.4 Å². The molecule has 86 valence electrons. The predicted molar refractivity (Wildman–Crippen MR) is 62.2 cm³/mol. The Morgan fingerprint density at radius 2 is 1.93 bits per heavy atom. The molecule has 1 rings (SSSR count). The summed E-state index contributed by atoms with van der Waals surface area (Å²) >= 11 is 0. The van der Waals surface area contributed by atoms with Crippen LogP contribution in [-0.2, 0) is 0 Å². The van der Waals surface area contributed by atoms with E-state index in [0.29, 0.717) is 18.5 Å². The third kappa shape index (κ3) is 3.95. The van der Waals surface area contributed by atoms with Crippen LogP contribution in [0.25, 0.3) is 0 Å². The van der Waals surface area contributed by atoms with Gasteiger partial charge in [0.15, 0.2) is 0 Å². The van der Waals surface area contributed by atoms with E-state index in [9.17, 15) is 10.2 Å². The molecule has 0 aromatic heterocycles. The molecule has 0 saturated carbocycles. The first-order valence-corrected chi connectivity index (χ1v) is 4.62. The van der Waals surface area contributed by atoms with Crippen LogP contribution in [0.1, 0.15) is 24.4 Å². The van der Waals surface area contributed by atoms with Crippen molar-refractivity contribution in [1.29, 1.82) is 0 Å². The number of phenols is 2. The third-order valence-electron chi connectivity index (χ3n) is 2.13. The van der Waals surface area contributed by atoms with Crippen molar-refractivity contribution in [2.75, 3.05) is 6.54 Å². The fraction of sp³-hybridized carbons (Fsp3) is 0.400. The summed E-state index contributed by atoms with van der Waals surface area (Å²) in [6.45, 7) is 0.577. The van der Waals surface area contributed by atoms with E-state index in [1.807, 2.05) is 0 Å². The molecule has 0 spiro atoms. The molecule has 15 heavy (non-hydrogen) atoms. The van der Waals surface area contributed by atoms with Crippen LogP contribution in [0.5, 0.6) is 11.5 Å². The first kappa shape index (κ1) is 14.0. The summed E-state index contributed by atoms with van der Waals surface area (Å²) in [5.74, 6) is 0.230. The summed E-state index contributed by atoms with van der Waals surface area (Å²) in [4.78, 5) is 0. The minimum absolute atomic E-state index is 0. The SMILES string of the molecule is Cl.NCCC[C@@H](N)c1cc(O)ccc1O. The maximum Gasteiger partial charge on any atom is 0.120 e. The second-order valence-electron chi connectivity index (χ2n) is 3.28. The van der Waals surface area contributed by atoms with Gasteiger partial charge in [0.25, 0.3) is 0 Å². The van der Waals surface area contributed by atoms with Crippen molar-refractivity contribution in [3.05, 3.63) is 23.8 Å². The quantitative estimate of drug-likeness (QED) is 0.588. The molecule has 6 N–H and O–H groups in total. The lowest BCUT2D eigenvalue weighted by molar-refractivity contribution is 0.445. The molecule has 0 heterocycles. The highest BCUT2D eigenvalue weighted by molar-refractivity contribution is 5.85. The fourth-order valence-corrected chi connectivity index (χ4v) is 1.33. The Hall–Kier alpha value is -0.970. The van der Waals surface area contributed by atoms with Crippen molar-refractivity contribution in [1.82, 2.24) is 0 Å². The molecule has 0 aliphatic heterocycles. The van der Waals surface area contributed by atoms with Gasteiger partial charge in [0.2, 0.25) is 0 Å². The molecule has 0 saturated heterocycles. The largest absolute Gasteiger partial charge is 0.508 e.